The molecule has 9 heteroatoms. The number of guanidine groups is 1. The summed E-state index contributed by atoms with van der Waals surface area (Å²) in [6, 6.07) is 10.1. The SMILES string of the molecule is CCNC(=NCc1ccnn1C)NCCCN1CCN(c2ccccc2Cl)CC1.I. The van der Waals surface area contributed by atoms with Gasteiger partial charge < -0.3 is 15.5 Å². The highest BCUT2D eigenvalue weighted by atomic mass is 127. The predicted molar refractivity (Wildman–Crippen MR) is 136 cm³/mol. The van der Waals surface area contributed by atoms with Crippen LogP contribution in [0.4, 0.5) is 5.69 Å². The van der Waals surface area contributed by atoms with E-state index in [4.69, 9.17) is 11.6 Å². The standard InChI is InChI=1S/C21H32ClN7.HI/c1-3-23-21(25-17-18-9-11-26-27(18)2)24-10-6-12-28-13-15-29(16-14-28)20-8-5-4-7-19(20)22;/h4-5,7-9,11H,3,6,10,12-17H2,1-2H3,(H2,23,24,25);1H. The van der Waals surface area contributed by atoms with Gasteiger partial charge in [-0.05, 0) is 38.1 Å². The van der Waals surface area contributed by atoms with E-state index in [0.29, 0.717) is 6.54 Å². The van der Waals surface area contributed by atoms with Crippen LogP contribution in [0, 0.1) is 0 Å². The van der Waals surface area contributed by atoms with Crippen LogP contribution in [0.5, 0.6) is 0 Å². The lowest BCUT2D eigenvalue weighted by Crippen LogP contribution is -2.47. The monoisotopic (exact) mass is 545 g/mol. The lowest BCUT2D eigenvalue weighted by Gasteiger charge is -2.36. The number of para-hydroxylation sites is 1. The first kappa shape index (κ1) is 24.7. The maximum absolute atomic E-state index is 6.33. The average Bonchev–Trinajstić information content (AvgIpc) is 3.15. The first-order valence-electron chi connectivity index (χ1n) is 10.4. The number of hydrogen-bond acceptors (Lipinski definition) is 4. The van der Waals surface area contributed by atoms with Crippen LogP contribution in [-0.4, -0.2) is 66.5 Å². The second-order valence-electron chi connectivity index (χ2n) is 7.20. The van der Waals surface area contributed by atoms with E-state index < -0.39 is 0 Å². The van der Waals surface area contributed by atoms with E-state index in [9.17, 15) is 0 Å². The molecule has 0 unspecified atom stereocenters. The fourth-order valence-electron chi connectivity index (χ4n) is 3.49. The Kier molecular flexibility index (Phi) is 10.7. The van der Waals surface area contributed by atoms with Crippen LogP contribution >= 0.6 is 35.6 Å². The Morgan fingerprint density at radius 1 is 1.13 bits per heavy atom. The number of nitrogens with one attached hydrogen (secondary N) is 2. The number of rotatable bonds is 8. The molecule has 166 valence electrons. The van der Waals surface area contributed by atoms with Crippen LogP contribution in [0.2, 0.25) is 5.02 Å². The molecule has 7 nitrogen and oxygen atoms in total. The van der Waals surface area contributed by atoms with Crippen molar-refractivity contribution >= 4 is 47.2 Å². The molecule has 1 aromatic heterocycles. The summed E-state index contributed by atoms with van der Waals surface area (Å²) in [6.45, 7) is 9.72. The van der Waals surface area contributed by atoms with Crippen LogP contribution in [0.15, 0.2) is 41.5 Å². The Morgan fingerprint density at radius 3 is 2.57 bits per heavy atom. The van der Waals surface area contributed by atoms with Gasteiger partial charge in [0.05, 0.1) is 22.9 Å². The van der Waals surface area contributed by atoms with Gasteiger partial charge in [0, 0.05) is 52.5 Å². The fourth-order valence-corrected chi connectivity index (χ4v) is 3.74. The molecule has 30 heavy (non-hydrogen) atoms. The van der Waals surface area contributed by atoms with Gasteiger partial charge in [0.1, 0.15) is 0 Å². The Balaban J connectivity index is 0.00000320. The van der Waals surface area contributed by atoms with Gasteiger partial charge in [0.25, 0.3) is 0 Å². The quantitative estimate of drug-likeness (QED) is 0.231. The second-order valence-corrected chi connectivity index (χ2v) is 7.61. The zero-order chi connectivity index (χ0) is 20.5. The first-order chi connectivity index (χ1) is 14.2. The van der Waals surface area contributed by atoms with Crippen molar-refractivity contribution in [1.82, 2.24) is 25.3 Å². The van der Waals surface area contributed by atoms with E-state index in [2.05, 4.69) is 49.6 Å². The molecule has 3 rings (SSSR count). The molecule has 1 aliphatic rings. The van der Waals surface area contributed by atoms with Gasteiger partial charge in [-0.2, -0.15) is 5.10 Å². The Labute approximate surface area is 201 Å². The number of nitrogens with zero attached hydrogens (tertiary/aromatic N) is 5. The molecule has 1 saturated heterocycles. The normalized spacial score (nSPS) is 15.0. The third-order valence-electron chi connectivity index (χ3n) is 5.17. The van der Waals surface area contributed by atoms with E-state index in [-0.39, 0.29) is 24.0 Å². The van der Waals surface area contributed by atoms with Crippen LogP contribution in [0.25, 0.3) is 0 Å². The molecule has 1 aliphatic heterocycles. The summed E-state index contributed by atoms with van der Waals surface area (Å²) in [6.07, 6.45) is 2.89. The Morgan fingerprint density at radius 2 is 1.90 bits per heavy atom. The number of aryl methyl sites for hydroxylation is 1. The van der Waals surface area contributed by atoms with Crippen LogP contribution < -0.4 is 15.5 Å². The summed E-state index contributed by atoms with van der Waals surface area (Å²) in [7, 11) is 1.94. The number of anilines is 1. The highest BCUT2D eigenvalue weighted by molar-refractivity contribution is 14.0. The topological polar surface area (TPSA) is 60.7 Å². The van der Waals surface area contributed by atoms with E-state index in [1.807, 2.05) is 29.9 Å². The summed E-state index contributed by atoms with van der Waals surface area (Å²) in [5, 5.41) is 11.8. The minimum absolute atomic E-state index is 0. The highest BCUT2D eigenvalue weighted by Gasteiger charge is 2.18. The molecule has 2 heterocycles. The smallest absolute Gasteiger partial charge is 0.191 e. The molecule has 2 aromatic rings. The van der Waals surface area contributed by atoms with Crippen LogP contribution in [0.3, 0.4) is 0 Å². The summed E-state index contributed by atoms with van der Waals surface area (Å²) < 4.78 is 1.86. The minimum atomic E-state index is 0. The van der Waals surface area contributed by atoms with Gasteiger partial charge in [0.2, 0.25) is 0 Å². The van der Waals surface area contributed by atoms with Gasteiger partial charge in [0.15, 0.2) is 5.96 Å². The van der Waals surface area contributed by atoms with Crippen molar-refractivity contribution in [2.24, 2.45) is 12.0 Å². The third kappa shape index (κ3) is 7.31. The van der Waals surface area contributed by atoms with Crippen molar-refractivity contribution in [2.75, 3.05) is 50.7 Å². The molecule has 0 aliphatic carbocycles. The van der Waals surface area contributed by atoms with Crippen LogP contribution in [-0.2, 0) is 13.6 Å². The van der Waals surface area contributed by atoms with Gasteiger partial charge in [-0.3, -0.25) is 9.58 Å². The van der Waals surface area contributed by atoms with Crippen molar-refractivity contribution in [2.45, 2.75) is 19.9 Å². The molecule has 0 bridgehead atoms. The molecular formula is C21H33ClIN7. The molecule has 1 aromatic carbocycles. The van der Waals surface area contributed by atoms with Gasteiger partial charge in [-0.15, -0.1) is 24.0 Å². The fraction of sp³-hybridized carbons (Fsp3) is 0.524. The Hall–Kier alpha value is -1.52. The number of aliphatic imine (C=N–C) groups is 1. The lowest BCUT2D eigenvalue weighted by molar-refractivity contribution is 0.255. The number of aromatic nitrogens is 2. The average molecular weight is 546 g/mol. The van der Waals surface area contributed by atoms with E-state index in [1.165, 1.54) is 0 Å². The molecule has 1 fully saturated rings. The first-order valence-corrected chi connectivity index (χ1v) is 10.8. The molecule has 0 saturated carbocycles. The van der Waals surface area contributed by atoms with E-state index in [0.717, 1.165) is 74.6 Å². The molecule has 0 spiro atoms. The van der Waals surface area contributed by atoms with Gasteiger partial charge in [-0.25, -0.2) is 4.99 Å². The van der Waals surface area contributed by atoms with Crippen LogP contribution in [0.1, 0.15) is 19.0 Å². The van der Waals surface area contributed by atoms with Crippen molar-refractivity contribution in [3.8, 4) is 0 Å². The third-order valence-corrected chi connectivity index (χ3v) is 5.49. The maximum atomic E-state index is 6.33. The summed E-state index contributed by atoms with van der Waals surface area (Å²) >= 11 is 6.33. The molecule has 2 N–H and O–H groups in total. The summed E-state index contributed by atoms with van der Waals surface area (Å²) in [5.41, 5.74) is 2.24. The second kappa shape index (κ2) is 13.0. The molecule has 0 amide bonds. The number of halogens is 2. The van der Waals surface area contributed by atoms with Crippen molar-refractivity contribution in [3.05, 3.63) is 47.2 Å². The van der Waals surface area contributed by atoms with Crippen molar-refractivity contribution in [3.63, 3.8) is 0 Å². The van der Waals surface area contributed by atoms with Crippen molar-refractivity contribution < 1.29 is 0 Å². The molecule has 0 atom stereocenters. The largest absolute Gasteiger partial charge is 0.368 e. The highest BCUT2D eigenvalue weighted by Crippen LogP contribution is 2.25. The van der Waals surface area contributed by atoms with E-state index in [1.54, 1.807) is 6.20 Å². The molecule has 0 radical (unpaired) electrons. The van der Waals surface area contributed by atoms with Crippen molar-refractivity contribution in [1.29, 1.82) is 0 Å². The van der Waals surface area contributed by atoms with Gasteiger partial charge >= 0.3 is 0 Å². The predicted octanol–water partition coefficient (Wildman–Crippen LogP) is 2.96. The van der Waals surface area contributed by atoms with E-state index >= 15 is 0 Å². The Bertz CT molecular complexity index is 787. The summed E-state index contributed by atoms with van der Waals surface area (Å²) in [5.74, 6) is 0.859. The minimum Gasteiger partial charge on any atom is -0.368 e. The zero-order valence-corrected chi connectivity index (χ0v) is 20.9. The van der Waals surface area contributed by atoms with Gasteiger partial charge in [-0.1, -0.05) is 23.7 Å². The lowest BCUT2D eigenvalue weighted by atomic mass is 10.2. The summed E-state index contributed by atoms with van der Waals surface area (Å²) in [4.78, 5) is 9.56. The zero-order valence-electron chi connectivity index (χ0n) is 17.9. The number of hydrogen-bond donors (Lipinski definition) is 2. The maximum Gasteiger partial charge on any atom is 0.191 e. The molecular weight excluding hydrogens is 513 g/mol. The number of piperazine rings is 1. The number of benzene rings is 1.